The van der Waals surface area contributed by atoms with Crippen LogP contribution in [0.15, 0.2) is 23.9 Å². The molecule has 0 radical (unpaired) electrons. The quantitative estimate of drug-likeness (QED) is 0.655. The lowest BCUT2D eigenvalue weighted by molar-refractivity contribution is -0.140. The van der Waals surface area contributed by atoms with Gasteiger partial charge in [-0.25, -0.2) is 0 Å². The smallest absolute Gasteiger partial charge is 0.189 e. The van der Waals surface area contributed by atoms with E-state index in [1.165, 1.54) is 5.70 Å². The molecule has 0 saturated carbocycles. The minimum Gasteiger partial charge on any atom is -0.354 e. The highest BCUT2D eigenvalue weighted by molar-refractivity contribution is 5.85. The van der Waals surface area contributed by atoms with E-state index in [-0.39, 0.29) is 11.7 Å². The average Bonchev–Trinajstić information content (AvgIpc) is 2.38. The zero-order valence-corrected chi connectivity index (χ0v) is 9.27. The lowest BCUT2D eigenvalue weighted by Gasteiger charge is -2.32. The number of carbonyl (C=O) groups is 1. The average molecular weight is 207 g/mol. The first kappa shape index (κ1) is 10.4. The van der Waals surface area contributed by atoms with Gasteiger partial charge in [0.2, 0.25) is 0 Å². The van der Waals surface area contributed by atoms with Crippen molar-refractivity contribution in [2.24, 2.45) is 5.92 Å². The molecule has 0 bridgehead atoms. The van der Waals surface area contributed by atoms with Crippen molar-refractivity contribution in [2.75, 3.05) is 13.7 Å². The molecular weight excluding hydrogens is 190 g/mol. The third kappa shape index (κ3) is 1.84. The predicted octanol–water partition coefficient (Wildman–Crippen LogP) is 1.71. The molecule has 2 atom stereocenters. The van der Waals surface area contributed by atoms with Crippen LogP contribution < -0.4 is 0 Å². The number of fused-ring (bicyclic) bond motifs is 1. The fourth-order valence-electron chi connectivity index (χ4n) is 2.19. The van der Waals surface area contributed by atoms with Gasteiger partial charge in [-0.3, -0.25) is 4.79 Å². The largest absolute Gasteiger partial charge is 0.354 e. The Hall–Kier alpha value is -1.09. The summed E-state index contributed by atoms with van der Waals surface area (Å²) in [5.41, 5.74) is 1.22. The van der Waals surface area contributed by atoms with Crippen LogP contribution >= 0.6 is 0 Å². The van der Waals surface area contributed by atoms with Crippen molar-refractivity contribution in [3.8, 4) is 0 Å². The Morgan fingerprint density at radius 1 is 1.53 bits per heavy atom. The second kappa shape index (κ2) is 4.19. The third-order valence-electron chi connectivity index (χ3n) is 3.16. The minimum absolute atomic E-state index is 0.0986. The van der Waals surface area contributed by atoms with Crippen molar-refractivity contribution in [2.45, 2.75) is 26.0 Å². The van der Waals surface area contributed by atoms with E-state index in [9.17, 15) is 4.79 Å². The van der Waals surface area contributed by atoms with Crippen LogP contribution in [0, 0.1) is 5.92 Å². The molecule has 2 heterocycles. The van der Waals surface area contributed by atoms with E-state index in [2.05, 4.69) is 23.1 Å². The van der Waals surface area contributed by atoms with Crippen molar-refractivity contribution in [1.29, 1.82) is 0 Å². The van der Waals surface area contributed by atoms with Crippen LogP contribution in [0.4, 0.5) is 0 Å². The molecule has 82 valence electrons. The SMILES string of the molecule is COC1C(=O)C(C)CCC2=CC=CCN21. The molecule has 1 saturated heterocycles. The van der Waals surface area contributed by atoms with E-state index in [1.54, 1.807) is 7.11 Å². The number of ether oxygens (including phenoxy) is 1. The van der Waals surface area contributed by atoms with Gasteiger partial charge in [-0.15, -0.1) is 0 Å². The Labute approximate surface area is 90.4 Å². The Balaban J connectivity index is 2.29. The maximum Gasteiger partial charge on any atom is 0.189 e. The number of methoxy groups -OCH3 is 1. The molecular formula is C12H17NO2. The van der Waals surface area contributed by atoms with Gasteiger partial charge in [0.25, 0.3) is 0 Å². The monoisotopic (exact) mass is 207 g/mol. The summed E-state index contributed by atoms with van der Waals surface area (Å²) < 4.78 is 5.32. The molecule has 1 fully saturated rings. The number of carbonyl (C=O) groups excluding carboxylic acids is 1. The number of allylic oxidation sites excluding steroid dienone is 3. The van der Waals surface area contributed by atoms with Crippen LogP contribution in [-0.2, 0) is 9.53 Å². The molecule has 0 aromatic heterocycles. The maximum atomic E-state index is 12.0. The van der Waals surface area contributed by atoms with Gasteiger partial charge in [0.15, 0.2) is 12.0 Å². The summed E-state index contributed by atoms with van der Waals surface area (Å²) in [6.07, 6.45) is 7.70. The number of nitrogens with zero attached hydrogens (tertiary/aromatic N) is 1. The van der Waals surface area contributed by atoms with Crippen molar-refractivity contribution < 1.29 is 9.53 Å². The number of hydrogen-bond donors (Lipinski definition) is 0. The Bertz CT molecular complexity index is 320. The second-order valence-corrected chi connectivity index (χ2v) is 4.17. The number of Topliss-reactive ketones (excluding diaryl/α,β-unsaturated/α-hetero) is 1. The molecule has 0 N–H and O–H groups in total. The van der Waals surface area contributed by atoms with Gasteiger partial charge < -0.3 is 9.64 Å². The summed E-state index contributed by atoms with van der Waals surface area (Å²) in [4.78, 5) is 14.1. The number of ketones is 1. The van der Waals surface area contributed by atoms with Crippen LogP contribution in [0.25, 0.3) is 0 Å². The molecule has 2 unspecified atom stereocenters. The zero-order valence-electron chi connectivity index (χ0n) is 9.27. The minimum atomic E-state index is -0.390. The van der Waals surface area contributed by atoms with E-state index in [4.69, 9.17) is 4.74 Å². The first-order valence-corrected chi connectivity index (χ1v) is 5.43. The predicted molar refractivity (Wildman–Crippen MR) is 58.1 cm³/mol. The van der Waals surface area contributed by atoms with Crippen molar-refractivity contribution in [3.63, 3.8) is 0 Å². The van der Waals surface area contributed by atoms with Crippen LogP contribution in [0.2, 0.25) is 0 Å². The molecule has 2 aliphatic rings. The molecule has 2 rings (SSSR count). The standard InChI is InChI=1S/C12H17NO2/c1-9-6-7-10-5-3-4-8-13(10)12(15-2)11(9)14/h3-5,9,12H,6-8H2,1-2H3. The fourth-order valence-corrected chi connectivity index (χ4v) is 2.19. The van der Waals surface area contributed by atoms with Crippen LogP contribution in [0.1, 0.15) is 19.8 Å². The molecule has 0 aromatic rings. The molecule has 0 spiro atoms. The van der Waals surface area contributed by atoms with Gasteiger partial charge in [-0.05, 0) is 18.9 Å². The van der Waals surface area contributed by atoms with Gasteiger partial charge in [0.1, 0.15) is 0 Å². The normalized spacial score (nSPS) is 30.9. The topological polar surface area (TPSA) is 29.5 Å². The summed E-state index contributed by atoms with van der Waals surface area (Å²) in [5, 5.41) is 0. The van der Waals surface area contributed by atoms with Gasteiger partial charge in [0.05, 0.1) is 0 Å². The van der Waals surface area contributed by atoms with E-state index >= 15 is 0 Å². The van der Waals surface area contributed by atoms with Gasteiger partial charge >= 0.3 is 0 Å². The Kier molecular flexibility index (Phi) is 2.91. The Morgan fingerprint density at radius 2 is 2.33 bits per heavy atom. The zero-order chi connectivity index (χ0) is 10.8. The second-order valence-electron chi connectivity index (χ2n) is 4.17. The van der Waals surface area contributed by atoms with Crippen LogP contribution in [0.3, 0.4) is 0 Å². The molecule has 3 heteroatoms. The fraction of sp³-hybridized carbons (Fsp3) is 0.583. The molecule has 15 heavy (non-hydrogen) atoms. The number of hydrogen-bond acceptors (Lipinski definition) is 3. The molecule has 0 aromatic carbocycles. The first-order chi connectivity index (χ1) is 7.24. The van der Waals surface area contributed by atoms with Gasteiger partial charge in [-0.1, -0.05) is 19.1 Å². The summed E-state index contributed by atoms with van der Waals surface area (Å²) in [5.74, 6) is 0.303. The van der Waals surface area contributed by atoms with E-state index in [0.29, 0.717) is 0 Å². The summed E-state index contributed by atoms with van der Waals surface area (Å²) in [6.45, 7) is 2.77. The Morgan fingerprint density at radius 3 is 3.07 bits per heavy atom. The van der Waals surface area contributed by atoms with E-state index in [1.807, 2.05) is 6.92 Å². The summed E-state index contributed by atoms with van der Waals surface area (Å²) in [6, 6.07) is 0. The lowest BCUT2D eigenvalue weighted by Crippen LogP contribution is -2.42. The molecule has 3 nitrogen and oxygen atoms in total. The number of rotatable bonds is 1. The van der Waals surface area contributed by atoms with Crippen LogP contribution in [0.5, 0.6) is 0 Å². The van der Waals surface area contributed by atoms with Crippen molar-refractivity contribution in [3.05, 3.63) is 23.9 Å². The van der Waals surface area contributed by atoms with Gasteiger partial charge in [0, 0.05) is 25.3 Å². The molecule has 0 amide bonds. The molecule has 2 aliphatic heterocycles. The molecule has 0 aliphatic carbocycles. The first-order valence-electron chi connectivity index (χ1n) is 5.43. The van der Waals surface area contributed by atoms with E-state index < -0.39 is 6.23 Å². The third-order valence-corrected chi connectivity index (χ3v) is 3.16. The highest BCUT2D eigenvalue weighted by Crippen LogP contribution is 2.28. The van der Waals surface area contributed by atoms with Crippen molar-refractivity contribution >= 4 is 5.78 Å². The maximum absolute atomic E-state index is 12.0. The lowest BCUT2D eigenvalue weighted by atomic mass is 10.0. The van der Waals surface area contributed by atoms with Crippen molar-refractivity contribution in [1.82, 2.24) is 4.90 Å². The van der Waals surface area contributed by atoms with E-state index in [0.717, 1.165) is 19.4 Å². The van der Waals surface area contributed by atoms with Gasteiger partial charge in [-0.2, -0.15) is 0 Å². The summed E-state index contributed by atoms with van der Waals surface area (Å²) >= 11 is 0. The highest BCUT2D eigenvalue weighted by atomic mass is 16.5. The summed E-state index contributed by atoms with van der Waals surface area (Å²) in [7, 11) is 1.61. The highest BCUT2D eigenvalue weighted by Gasteiger charge is 2.33. The van der Waals surface area contributed by atoms with Crippen LogP contribution in [-0.4, -0.2) is 30.6 Å².